The van der Waals surface area contributed by atoms with Gasteiger partial charge in [0.05, 0.1) is 0 Å². The minimum atomic E-state index is -0.000774. The zero-order chi connectivity index (χ0) is 14.7. The van der Waals surface area contributed by atoms with Crippen molar-refractivity contribution in [3.63, 3.8) is 0 Å². The van der Waals surface area contributed by atoms with Crippen LogP contribution in [0, 0.1) is 0 Å². The fraction of sp³-hybridized carbons (Fsp3) is 0.562. The Kier molecular flexibility index (Phi) is 4.29. The van der Waals surface area contributed by atoms with Crippen LogP contribution < -0.4 is 15.5 Å². The van der Waals surface area contributed by atoms with Gasteiger partial charge in [-0.3, -0.25) is 4.90 Å². The van der Waals surface area contributed by atoms with Gasteiger partial charge in [-0.05, 0) is 44.6 Å². The van der Waals surface area contributed by atoms with E-state index in [0.29, 0.717) is 6.04 Å². The van der Waals surface area contributed by atoms with Crippen molar-refractivity contribution in [3.05, 3.63) is 24.3 Å². The van der Waals surface area contributed by atoms with Gasteiger partial charge in [-0.25, -0.2) is 4.79 Å². The first-order valence-electron chi connectivity index (χ1n) is 7.83. The molecule has 2 fully saturated rings. The maximum atomic E-state index is 11.7. The second-order valence-corrected chi connectivity index (χ2v) is 5.95. The predicted octanol–water partition coefficient (Wildman–Crippen LogP) is 2.11. The number of nitrogens with zero attached hydrogens (tertiary/aromatic N) is 2. The molecule has 5 nitrogen and oxygen atoms in total. The lowest BCUT2D eigenvalue weighted by Gasteiger charge is -2.32. The Balaban J connectivity index is 1.62. The summed E-state index contributed by atoms with van der Waals surface area (Å²) in [5, 5.41) is 6.36. The molecular weight excluding hydrogens is 264 g/mol. The van der Waals surface area contributed by atoms with Crippen LogP contribution in [-0.4, -0.2) is 50.2 Å². The average molecular weight is 288 g/mol. The standard InChI is InChI=1S/C16H24N4O/c1-19-9-3-2-6-15(19)12-18-13-5-4-7-14(11-13)20-10-8-17-16(20)21/h4-5,7,11,15,18H,2-3,6,8-10,12H2,1H3,(H,17,21). The monoisotopic (exact) mass is 288 g/mol. The molecule has 114 valence electrons. The first-order chi connectivity index (χ1) is 10.2. The molecular formula is C16H24N4O. The minimum absolute atomic E-state index is 0.000774. The summed E-state index contributed by atoms with van der Waals surface area (Å²) in [5.41, 5.74) is 2.05. The highest BCUT2D eigenvalue weighted by atomic mass is 16.2. The molecule has 2 aliphatic heterocycles. The molecule has 1 atom stereocenters. The number of benzene rings is 1. The first kappa shape index (κ1) is 14.2. The summed E-state index contributed by atoms with van der Waals surface area (Å²) in [6, 6.07) is 8.74. The highest BCUT2D eigenvalue weighted by Gasteiger charge is 2.21. The van der Waals surface area contributed by atoms with Gasteiger partial charge in [0.1, 0.15) is 0 Å². The van der Waals surface area contributed by atoms with E-state index >= 15 is 0 Å². The molecule has 0 spiro atoms. The number of piperidine rings is 1. The molecule has 1 unspecified atom stereocenters. The molecule has 2 heterocycles. The molecule has 2 amide bonds. The molecule has 0 bridgehead atoms. The van der Waals surface area contributed by atoms with Crippen LogP contribution in [0.5, 0.6) is 0 Å². The Labute approximate surface area is 126 Å². The number of carbonyl (C=O) groups excluding carboxylic acids is 1. The third-order valence-electron chi connectivity index (χ3n) is 4.48. The Hall–Kier alpha value is -1.75. The Morgan fingerprint density at radius 1 is 1.33 bits per heavy atom. The van der Waals surface area contributed by atoms with Crippen LogP contribution in [0.1, 0.15) is 19.3 Å². The summed E-state index contributed by atoms with van der Waals surface area (Å²) in [5.74, 6) is 0. The first-order valence-corrected chi connectivity index (χ1v) is 7.83. The third-order valence-corrected chi connectivity index (χ3v) is 4.48. The highest BCUT2D eigenvalue weighted by molar-refractivity contribution is 5.94. The van der Waals surface area contributed by atoms with Gasteiger partial charge in [0.15, 0.2) is 0 Å². The van der Waals surface area contributed by atoms with Gasteiger partial charge in [0, 0.05) is 37.1 Å². The molecule has 0 saturated carbocycles. The summed E-state index contributed by atoms with van der Waals surface area (Å²) in [6.45, 7) is 3.63. The topological polar surface area (TPSA) is 47.6 Å². The molecule has 0 radical (unpaired) electrons. The Morgan fingerprint density at radius 2 is 2.24 bits per heavy atom. The van der Waals surface area contributed by atoms with Gasteiger partial charge in [0.2, 0.25) is 0 Å². The van der Waals surface area contributed by atoms with Crippen molar-refractivity contribution in [1.82, 2.24) is 10.2 Å². The minimum Gasteiger partial charge on any atom is -0.383 e. The second-order valence-electron chi connectivity index (χ2n) is 5.95. The average Bonchev–Trinajstić information content (AvgIpc) is 2.93. The maximum absolute atomic E-state index is 11.7. The van der Waals surface area contributed by atoms with E-state index in [0.717, 1.165) is 31.0 Å². The van der Waals surface area contributed by atoms with Gasteiger partial charge < -0.3 is 15.5 Å². The van der Waals surface area contributed by atoms with E-state index < -0.39 is 0 Å². The van der Waals surface area contributed by atoms with E-state index in [9.17, 15) is 4.79 Å². The fourth-order valence-electron chi connectivity index (χ4n) is 3.14. The summed E-state index contributed by atoms with van der Waals surface area (Å²) in [7, 11) is 2.20. The van der Waals surface area contributed by atoms with Gasteiger partial charge in [-0.1, -0.05) is 12.5 Å². The number of likely N-dealkylation sites (tertiary alicyclic amines) is 1. The lowest BCUT2D eigenvalue weighted by Crippen LogP contribution is -2.40. The fourth-order valence-corrected chi connectivity index (χ4v) is 3.14. The number of likely N-dealkylation sites (N-methyl/N-ethyl adjacent to an activating group) is 1. The number of rotatable bonds is 4. The van der Waals surface area contributed by atoms with Gasteiger partial charge in [-0.2, -0.15) is 0 Å². The largest absolute Gasteiger partial charge is 0.383 e. The number of nitrogens with one attached hydrogen (secondary N) is 2. The van der Waals surface area contributed by atoms with Crippen molar-refractivity contribution in [3.8, 4) is 0 Å². The quantitative estimate of drug-likeness (QED) is 0.892. The predicted molar refractivity (Wildman–Crippen MR) is 85.9 cm³/mol. The molecule has 5 heteroatoms. The normalized spacial score (nSPS) is 23.2. The Bertz CT molecular complexity index is 505. The summed E-state index contributed by atoms with van der Waals surface area (Å²) in [6.07, 6.45) is 3.90. The van der Waals surface area contributed by atoms with Crippen LogP contribution >= 0.6 is 0 Å². The van der Waals surface area contributed by atoms with Crippen molar-refractivity contribution in [2.24, 2.45) is 0 Å². The molecule has 2 saturated heterocycles. The van der Waals surface area contributed by atoms with Crippen LogP contribution in [0.15, 0.2) is 24.3 Å². The number of anilines is 2. The Morgan fingerprint density at radius 3 is 3.00 bits per heavy atom. The van der Waals surface area contributed by atoms with Crippen molar-refractivity contribution < 1.29 is 4.79 Å². The lowest BCUT2D eigenvalue weighted by molar-refractivity contribution is 0.194. The van der Waals surface area contributed by atoms with E-state index in [-0.39, 0.29) is 6.03 Å². The number of hydrogen-bond donors (Lipinski definition) is 2. The zero-order valence-electron chi connectivity index (χ0n) is 12.6. The maximum Gasteiger partial charge on any atom is 0.321 e. The number of amides is 2. The van der Waals surface area contributed by atoms with Crippen LogP contribution in [0.4, 0.5) is 16.2 Å². The SMILES string of the molecule is CN1CCCCC1CNc1cccc(N2CCNC2=O)c1. The summed E-state index contributed by atoms with van der Waals surface area (Å²) >= 11 is 0. The highest BCUT2D eigenvalue weighted by Crippen LogP contribution is 2.22. The molecule has 0 aliphatic carbocycles. The van der Waals surface area contributed by atoms with E-state index in [1.54, 1.807) is 4.90 Å². The van der Waals surface area contributed by atoms with Crippen LogP contribution in [0.3, 0.4) is 0 Å². The molecule has 2 aliphatic rings. The van der Waals surface area contributed by atoms with E-state index in [4.69, 9.17) is 0 Å². The summed E-state index contributed by atoms with van der Waals surface area (Å²) in [4.78, 5) is 16.0. The molecule has 0 aromatic heterocycles. The van der Waals surface area contributed by atoms with E-state index in [1.807, 2.05) is 12.1 Å². The van der Waals surface area contributed by atoms with Crippen molar-refractivity contribution >= 4 is 17.4 Å². The smallest absolute Gasteiger partial charge is 0.321 e. The van der Waals surface area contributed by atoms with Crippen LogP contribution in [0.2, 0.25) is 0 Å². The lowest BCUT2D eigenvalue weighted by atomic mass is 10.0. The molecule has 1 aromatic carbocycles. The number of hydrogen-bond acceptors (Lipinski definition) is 3. The molecule has 3 rings (SSSR count). The van der Waals surface area contributed by atoms with Gasteiger partial charge >= 0.3 is 6.03 Å². The molecule has 21 heavy (non-hydrogen) atoms. The summed E-state index contributed by atoms with van der Waals surface area (Å²) < 4.78 is 0. The zero-order valence-corrected chi connectivity index (χ0v) is 12.6. The van der Waals surface area contributed by atoms with Crippen molar-refractivity contribution in [2.45, 2.75) is 25.3 Å². The van der Waals surface area contributed by atoms with Crippen LogP contribution in [0.25, 0.3) is 0 Å². The second kappa shape index (κ2) is 6.35. The number of urea groups is 1. The molecule has 1 aromatic rings. The van der Waals surface area contributed by atoms with Crippen molar-refractivity contribution in [2.75, 3.05) is 43.4 Å². The van der Waals surface area contributed by atoms with Gasteiger partial charge in [0.25, 0.3) is 0 Å². The van der Waals surface area contributed by atoms with E-state index in [1.165, 1.54) is 25.8 Å². The van der Waals surface area contributed by atoms with Crippen molar-refractivity contribution in [1.29, 1.82) is 0 Å². The number of carbonyl (C=O) groups is 1. The third kappa shape index (κ3) is 3.29. The van der Waals surface area contributed by atoms with Gasteiger partial charge in [-0.15, -0.1) is 0 Å². The molecule has 2 N–H and O–H groups in total. The van der Waals surface area contributed by atoms with E-state index in [2.05, 4.69) is 34.7 Å². The van der Waals surface area contributed by atoms with Crippen LogP contribution in [-0.2, 0) is 0 Å².